The summed E-state index contributed by atoms with van der Waals surface area (Å²) < 4.78 is 1.35. The summed E-state index contributed by atoms with van der Waals surface area (Å²) in [5.74, 6) is 0.795. The van der Waals surface area contributed by atoms with Gasteiger partial charge in [-0.05, 0) is 43.1 Å². The minimum atomic E-state index is -0.310. The minimum Gasteiger partial charge on any atom is -0.320 e. The van der Waals surface area contributed by atoms with Gasteiger partial charge >= 0.3 is 5.69 Å². The largest absolute Gasteiger partial charge is 0.348 e. The molecule has 7 nitrogen and oxygen atoms in total. The molecule has 0 amide bonds. The molecule has 4 aromatic rings. The van der Waals surface area contributed by atoms with Crippen molar-refractivity contribution in [3.8, 4) is 5.69 Å². The van der Waals surface area contributed by atoms with E-state index in [2.05, 4.69) is 20.0 Å². The number of aromatic amines is 2. The maximum absolute atomic E-state index is 12.8. The Balaban J connectivity index is 1.43. The Morgan fingerprint density at radius 1 is 1.03 bits per heavy atom. The summed E-state index contributed by atoms with van der Waals surface area (Å²) >= 11 is 6.33. The lowest BCUT2D eigenvalue weighted by Crippen LogP contribution is -2.34. The average Bonchev–Trinajstić information content (AvgIpc) is 3.16. The number of para-hydroxylation sites is 1. The molecule has 1 saturated heterocycles. The van der Waals surface area contributed by atoms with E-state index in [1.54, 1.807) is 12.1 Å². The van der Waals surface area contributed by atoms with Crippen LogP contribution in [0.4, 0.5) is 0 Å². The third kappa shape index (κ3) is 3.94. The number of benzene rings is 2. The van der Waals surface area contributed by atoms with E-state index in [9.17, 15) is 9.59 Å². The highest BCUT2D eigenvalue weighted by molar-refractivity contribution is 6.31. The van der Waals surface area contributed by atoms with Crippen LogP contribution in [0.3, 0.4) is 0 Å². The number of halogens is 1. The predicted octanol–water partition coefficient (Wildman–Crippen LogP) is 3.44. The molecule has 31 heavy (non-hydrogen) atoms. The molecular weight excluding hydrogens is 414 g/mol. The molecule has 0 radical (unpaired) electrons. The van der Waals surface area contributed by atoms with E-state index in [0.717, 1.165) is 48.4 Å². The normalized spacial score (nSPS) is 17.3. The topological polar surface area (TPSA) is 86.8 Å². The molecule has 1 unspecified atom stereocenters. The monoisotopic (exact) mass is 435 g/mol. The summed E-state index contributed by atoms with van der Waals surface area (Å²) in [5.41, 5.74) is 1.73. The predicted molar refractivity (Wildman–Crippen MR) is 121 cm³/mol. The quantitative estimate of drug-likeness (QED) is 0.514. The Hall–Kier alpha value is -3.16. The first-order valence-corrected chi connectivity index (χ1v) is 10.7. The lowest BCUT2D eigenvalue weighted by atomic mass is 9.97. The maximum atomic E-state index is 12.8. The van der Waals surface area contributed by atoms with Crippen LogP contribution < -0.4 is 11.2 Å². The Kier molecular flexibility index (Phi) is 5.21. The number of pyridine rings is 1. The zero-order valence-electron chi connectivity index (χ0n) is 16.8. The molecule has 2 aromatic heterocycles. The van der Waals surface area contributed by atoms with Gasteiger partial charge in [-0.25, -0.2) is 4.79 Å². The molecule has 0 bridgehead atoms. The molecule has 8 heteroatoms. The highest BCUT2D eigenvalue weighted by Gasteiger charge is 2.25. The summed E-state index contributed by atoms with van der Waals surface area (Å²) in [7, 11) is 0. The van der Waals surface area contributed by atoms with Crippen molar-refractivity contribution < 1.29 is 0 Å². The van der Waals surface area contributed by atoms with Crippen molar-refractivity contribution in [1.29, 1.82) is 0 Å². The first kappa shape index (κ1) is 19.8. The summed E-state index contributed by atoms with van der Waals surface area (Å²) in [4.78, 5) is 32.7. The van der Waals surface area contributed by atoms with E-state index in [1.165, 1.54) is 10.7 Å². The second-order valence-electron chi connectivity index (χ2n) is 7.96. The Bertz CT molecular complexity index is 1360. The van der Waals surface area contributed by atoms with Crippen molar-refractivity contribution in [3.05, 3.63) is 91.8 Å². The zero-order valence-corrected chi connectivity index (χ0v) is 17.6. The molecule has 1 aliphatic rings. The van der Waals surface area contributed by atoms with Crippen LogP contribution >= 0.6 is 11.6 Å². The SMILES string of the molecule is O=c1ccc2cccc(-n3nc(C4CCCN(Cc5ccccc5Cl)C4)[nH]c3=O)c2[nH]1. The van der Waals surface area contributed by atoms with Crippen LogP contribution in [0.5, 0.6) is 0 Å². The molecule has 2 aromatic carbocycles. The number of fused-ring (bicyclic) bond motifs is 1. The summed E-state index contributed by atoms with van der Waals surface area (Å²) in [6.07, 6.45) is 1.98. The molecule has 0 saturated carbocycles. The van der Waals surface area contributed by atoms with Crippen LogP contribution in [0.25, 0.3) is 16.6 Å². The molecule has 0 spiro atoms. The first-order valence-electron chi connectivity index (χ1n) is 10.4. The Morgan fingerprint density at radius 3 is 2.77 bits per heavy atom. The molecule has 2 N–H and O–H groups in total. The van der Waals surface area contributed by atoms with Crippen molar-refractivity contribution >= 4 is 22.5 Å². The van der Waals surface area contributed by atoms with E-state index in [0.29, 0.717) is 17.0 Å². The van der Waals surface area contributed by atoms with Crippen molar-refractivity contribution in [1.82, 2.24) is 24.6 Å². The van der Waals surface area contributed by atoms with Crippen LogP contribution in [0, 0.1) is 0 Å². The van der Waals surface area contributed by atoms with Gasteiger partial charge < -0.3 is 4.98 Å². The molecule has 3 heterocycles. The molecule has 158 valence electrons. The number of hydrogen-bond donors (Lipinski definition) is 2. The number of aromatic nitrogens is 4. The first-order chi connectivity index (χ1) is 15.1. The van der Waals surface area contributed by atoms with Gasteiger partial charge in [-0.3, -0.25) is 14.7 Å². The van der Waals surface area contributed by atoms with Crippen molar-refractivity contribution in [2.45, 2.75) is 25.3 Å². The van der Waals surface area contributed by atoms with Crippen molar-refractivity contribution in [3.63, 3.8) is 0 Å². The summed E-state index contributed by atoms with van der Waals surface area (Å²) in [6.45, 7) is 2.55. The maximum Gasteiger partial charge on any atom is 0.348 e. The number of nitrogens with zero attached hydrogens (tertiary/aromatic N) is 3. The Labute approximate surface area is 183 Å². The molecule has 1 atom stereocenters. The van der Waals surface area contributed by atoms with E-state index in [-0.39, 0.29) is 17.2 Å². The van der Waals surface area contributed by atoms with Crippen molar-refractivity contribution in [2.75, 3.05) is 13.1 Å². The van der Waals surface area contributed by atoms with Crippen molar-refractivity contribution in [2.24, 2.45) is 0 Å². The number of hydrogen-bond acceptors (Lipinski definition) is 4. The molecule has 5 rings (SSSR count). The van der Waals surface area contributed by atoms with E-state index in [4.69, 9.17) is 11.6 Å². The number of likely N-dealkylation sites (tertiary alicyclic amines) is 1. The molecular formula is C23H22ClN5O2. The van der Waals surface area contributed by atoms with Gasteiger partial charge in [0.2, 0.25) is 5.56 Å². The average molecular weight is 436 g/mol. The smallest absolute Gasteiger partial charge is 0.320 e. The van der Waals surface area contributed by atoms with E-state index < -0.39 is 0 Å². The highest BCUT2D eigenvalue weighted by atomic mass is 35.5. The third-order valence-electron chi connectivity index (χ3n) is 5.84. The number of nitrogens with one attached hydrogen (secondary N) is 2. The highest BCUT2D eigenvalue weighted by Crippen LogP contribution is 2.27. The van der Waals surface area contributed by atoms with Crippen LogP contribution in [0.15, 0.2) is 64.2 Å². The van der Waals surface area contributed by atoms with Gasteiger partial charge in [-0.2, -0.15) is 4.68 Å². The van der Waals surface area contributed by atoms with Crippen LogP contribution in [0.1, 0.15) is 30.1 Å². The van der Waals surface area contributed by atoms with Gasteiger partial charge in [0, 0.05) is 35.5 Å². The third-order valence-corrected chi connectivity index (χ3v) is 6.21. The van der Waals surface area contributed by atoms with Crippen LogP contribution in [-0.4, -0.2) is 37.7 Å². The second kappa shape index (κ2) is 8.17. The van der Waals surface area contributed by atoms with Gasteiger partial charge in [-0.1, -0.05) is 41.9 Å². The van der Waals surface area contributed by atoms with Gasteiger partial charge in [0.15, 0.2) is 0 Å². The lowest BCUT2D eigenvalue weighted by Gasteiger charge is -2.31. The number of H-pyrrole nitrogens is 2. The fraction of sp³-hybridized carbons (Fsp3) is 0.261. The van der Waals surface area contributed by atoms with Crippen LogP contribution in [0.2, 0.25) is 5.02 Å². The van der Waals surface area contributed by atoms with Crippen LogP contribution in [-0.2, 0) is 6.54 Å². The van der Waals surface area contributed by atoms with Gasteiger partial charge in [0.1, 0.15) is 5.82 Å². The van der Waals surface area contributed by atoms with E-state index >= 15 is 0 Å². The van der Waals surface area contributed by atoms with Gasteiger partial charge in [0.25, 0.3) is 0 Å². The molecule has 1 aliphatic heterocycles. The van der Waals surface area contributed by atoms with Gasteiger partial charge in [-0.15, -0.1) is 5.10 Å². The lowest BCUT2D eigenvalue weighted by molar-refractivity contribution is 0.196. The second-order valence-corrected chi connectivity index (χ2v) is 8.36. The summed E-state index contributed by atoms with van der Waals surface area (Å²) in [5, 5.41) is 6.23. The number of rotatable bonds is 4. The van der Waals surface area contributed by atoms with Gasteiger partial charge in [0.05, 0.1) is 11.2 Å². The standard InChI is InChI=1S/C23H22ClN5O2/c24-18-8-2-1-5-16(18)13-28-12-4-7-17(14-28)22-26-23(31)29(27-22)19-9-3-6-15-10-11-20(30)25-21(15)19/h1-3,5-6,8-11,17H,4,7,12-14H2,(H,25,30)(H,26,27,31). The fourth-order valence-electron chi connectivity index (χ4n) is 4.32. The minimum absolute atomic E-state index is 0.124. The van der Waals surface area contributed by atoms with E-state index in [1.807, 2.05) is 36.4 Å². The number of piperidine rings is 1. The molecule has 1 fully saturated rings. The Morgan fingerprint density at radius 2 is 1.90 bits per heavy atom. The zero-order chi connectivity index (χ0) is 21.4. The molecule has 0 aliphatic carbocycles. The fourth-order valence-corrected chi connectivity index (χ4v) is 4.51. The summed E-state index contributed by atoms with van der Waals surface area (Å²) in [6, 6.07) is 16.6.